The van der Waals surface area contributed by atoms with Crippen LogP contribution in [0.15, 0.2) is 42.5 Å². The van der Waals surface area contributed by atoms with E-state index in [1.165, 1.54) is 16.7 Å². The average Bonchev–Trinajstić information content (AvgIpc) is 3.18. The summed E-state index contributed by atoms with van der Waals surface area (Å²) in [6.45, 7) is 6.76. The number of carbonyl (C=O) groups excluding carboxylic acids is 4. The van der Waals surface area contributed by atoms with Crippen LogP contribution in [0.4, 0.5) is 10.5 Å². The highest BCUT2D eigenvalue weighted by atomic mass is 16.6. The fourth-order valence-corrected chi connectivity index (χ4v) is 5.69. The van der Waals surface area contributed by atoms with Crippen molar-refractivity contribution >= 4 is 29.5 Å². The third-order valence-corrected chi connectivity index (χ3v) is 7.66. The fraction of sp³-hybridized carbons (Fsp3) is 0.433. The molecule has 9 nitrogen and oxygen atoms in total. The van der Waals surface area contributed by atoms with Gasteiger partial charge in [0.1, 0.15) is 17.7 Å². The largest absolute Gasteiger partial charge is 0.444 e. The van der Waals surface area contributed by atoms with Crippen LogP contribution in [0, 0.1) is 17.2 Å². The zero-order valence-electron chi connectivity index (χ0n) is 22.6. The molecule has 2 aromatic carbocycles. The smallest absolute Gasteiger partial charge is 0.411 e. The number of rotatable bonds is 5. The third kappa shape index (κ3) is 4.99. The van der Waals surface area contributed by atoms with E-state index in [4.69, 9.17) is 4.74 Å². The first kappa shape index (κ1) is 26.4. The molecule has 39 heavy (non-hydrogen) atoms. The maximum absolute atomic E-state index is 13.1. The summed E-state index contributed by atoms with van der Waals surface area (Å²) in [7, 11) is 0. The molecular weight excluding hydrogens is 496 g/mol. The van der Waals surface area contributed by atoms with Crippen molar-refractivity contribution in [1.29, 1.82) is 5.26 Å². The molecule has 1 N–H and O–H groups in total. The number of likely N-dealkylation sites (tertiary alicyclic amines) is 1. The Hall–Kier alpha value is -4.19. The van der Waals surface area contributed by atoms with Crippen molar-refractivity contribution in [2.75, 3.05) is 4.90 Å². The van der Waals surface area contributed by atoms with Gasteiger partial charge in [0, 0.05) is 25.3 Å². The fourth-order valence-electron chi connectivity index (χ4n) is 5.69. The zero-order chi connectivity index (χ0) is 28.1. The number of nitrogens with zero attached hydrogens (tertiary/aromatic N) is 3. The van der Waals surface area contributed by atoms with Crippen LogP contribution in [0.25, 0.3) is 11.1 Å². The van der Waals surface area contributed by atoms with E-state index in [-0.39, 0.29) is 36.1 Å². The molecule has 2 heterocycles. The highest BCUT2D eigenvalue weighted by Crippen LogP contribution is 2.47. The first-order valence-electron chi connectivity index (χ1n) is 13.2. The van der Waals surface area contributed by atoms with Gasteiger partial charge < -0.3 is 10.1 Å². The van der Waals surface area contributed by atoms with Crippen molar-refractivity contribution in [3.05, 3.63) is 53.6 Å². The Bertz CT molecular complexity index is 1390. The Morgan fingerprint density at radius 1 is 1.10 bits per heavy atom. The van der Waals surface area contributed by atoms with E-state index in [2.05, 4.69) is 11.4 Å². The van der Waals surface area contributed by atoms with Crippen LogP contribution in [0.5, 0.6) is 0 Å². The second-order valence-corrected chi connectivity index (χ2v) is 11.5. The molecule has 0 spiro atoms. The molecule has 202 valence electrons. The molecule has 2 fully saturated rings. The van der Waals surface area contributed by atoms with Gasteiger partial charge in [-0.15, -0.1) is 0 Å². The van der Waals surface area contributed by atoms with Gasteiger partial charge >= 0.3 is 6.09 Å². The summed E-state index contributed by atoms with van der Waals surface area (Å²) in [5.41, 5.74) is 3.43. The Labute approximate surface area is 227 Å². The molecule has 9 heteroatoms. The van der Waals surface area contributed by atoms with Crippen LogP contribution < -0.4 is 10.2 Å². The van der Waals surface area contributed by atoms with Gasteiger partial charge in [0.2, 0.25) is 17.7 Å². The summed E-state index contributed by atoms with van der Waals surface area (Å²) in [6, 6.07) is 14.1. The maximum Gasteiger partial charge on any atom is 0.411 e. The van der Waals surface area contributed by atoms with Gasteiger partial charge in [-0.3, -0.25) is 24.2 Å². The molecule has 1 unspecified atom stereocenters. The molecule has 2 aromatic rings. The molecule has 0 bridgehead atoms. The van der Waals surface area contributed by atoms with E-state index in [1.807, 2.05) is 42.5 Å². The number of carbonyl (C=O) groups is 4. The lowest BCUT2D eigenvalue weighted by Gasteiger charge is -2.60. The molecule has 4 amide bonds. The maximum atomic E-state index is 13.1. The van der Waals surface area contributed by atoms with Gasteiger partial charge in [-0.2, -0.15) is 5.26 Å². The molecule has 2 aliphatic heterocycles. The molecule has 1 saturated heterocycles. The van der Waals surface area contributed by atoms with Gasteiger partial charge in [0.25, 0.3) is 0 Å². The number of nitrogens with one attached hydrogen (secondary N) is 1. The van der Waals surface area contributed by atoms with E-state index in [0.717, 1.165) is 35.1 Å². The lowest BCUT2D eigenvalue weighted by Crippen LogP contribution is -2.75. The Balaban J connectivity index is 1.24. The Morgan fingerprint density at radius 2 is 1.79 bits per heavy atom. The van der Waals surface area contributed by atoms with Crippen molar-refractivity contribution < 1.29 is 23.9 Å². The SMILES string of the molecule is CC(=O)N1C(=O)Cc2ccc(-c3ccc(C[C@@H](C#N)NC(=O)[C@@H]4C5CC[C@H]5N4C(=O)OC(C)(C)C)cc3)cc21. The number of piperidine rings is 1. The summed E-state index contributed by atoms with van der Waals surface area (Å²) in [4.78, 5) is 52.7. The summed E-state index contributed by atoms with van der Waals surface area (Å²) < 4.78 is 5.50. The molecule has 3 aliphatic rings. The molecule has 0 aromatic heterocycles. The van der Waals surface area contributed by atoms with Crippen molar-refractivity contribution in [2.45, 2.75) is 77.1 Å². The minimum Gasteiger partial charge on any atom is -0.444 e. The van der Waals surface area contributed by atoms with E-state index < -0.39 is 23.8 Å². The topological polar surface area (TPSA) is 120 Å². The number of anilines is 1. The molecule has 0 radical (unpaired) electrons. The number of hydrogen-bond donors (Lipinski definition) is 1. The van der Waals surface area contributed by atoms with Gasteiger partial charge in [-0.05, 0) is 61.9 Å². The summed E-state index contributed by atoms with van der Waals surface area (Å²) in [5, 5.41) is 12.6. The normalized spacial score (nSPS) is 22.0. The van der Waals surface area contributed by atoms with Crippen LogP contribution >= 0.6 is 0 Å². The average molecular weight is 529 g/mol. The quantitative estimate of drug-likeness (QED) is 0.631. The van der Waals surface area contributed by atoms with E-state index in [0.29, 0.717) is 12.1 Å². The highest BCUT2D eigenvalue weighted by Gasteiger charge is 2.60. The minimum absolute atomic E-state index is 0.0311. The number of imide groups is 1. The van der Waals surface area contributed by atoms with E-state index in [9.17, 15) is 24.4 Å². The Morgan fingerprint density at radius 3 is 2.38 bits per heavy atom. The lowest BCUT2D eigenvalue weighted by atomic mass is 9.65. The van der Waals surface area contributed by atoms with Crippen LogP contribution in [-0.4, -0.2) is 52.4 Å². The van der Waals surface area contributed by atoms with Gasteiger partial charge in [0.05, 0.1) is 18.2 Å². The highest BCUT2D eigenvalue weighted by molar-refractivity contribution is 6.18. The standard InChI is InChI=1S/C30H32N4O5/c1-17(35)33-25-14-20(9-10-21(25)15-26(33)36)19-7-5-18(6-8-19)13-22(16-31)32-28(37)27-23-11-12-24(23)34(27)29(38)39-30(2,3)4/h5-10,14,22-24,27H,11-13,15H2,1-4H3,(H,32,37)/t22-,23?,24+,27-/m0/s1. The number of fused-ring (bicyclic) bond motifs is 2. The van der Waals surface area contributed by atoms with Gasteiger partial charge in [0.15, 0.2) is 0 Å². The van der Waals surface area contributed by atoms with Crippen molar-refractivity contribution in [3.63, 3.8) is 0 Å². The number of nitriles is 1. The van der Waals surface area contributed by atoms with E-state index >= 15 is 0 Å². The van der Waals surface area contributed by atoms with Crippen molar-refractivity contribution in [2.24, 2.45) is 5.92 Å². The molecule has 4 atom stereocenters. The molecule has 5 rings (SSSR count). The van der Waals surface area contributed by atoms with Crippen LogP contribution in [0.2, 0.25) is 0 Å². The molecular formula is C30H32N4O5. The molecule has 1 saturated carbocycles. The second kappa shape index (κ2) is 9.84. The number of hydrogen-bond acceptors (Lipinski definition) is 6. The minimum atomic E-state index is -0.752. The molecule has 1 aliphatic carbocycles. The zero-order valence-corrected chi connectivity index (χ0v) is 22.6. The van der Waals surface area contributed by atoms with Crippen LogP contribution in [-0.2, 0) is 32.0 Å². The lowest BCUT2D eigenvalue weighted by molar-refractivity contribution is -0.155. The third-order valence-electron chi connectivity index (χ3n) is 7.66. The number of ether oxygens (including phenoxy) is 1. The first-order valence-corrected chi connectivity index (χ1v) is 13.2. The second-order valence-electron chi connectivity index (χ2n) is 11.5. The number of benzene rings is 2. The van der Waals surface area contributed by atoms with Crippen LogP contribution in [0.1, 0.15) is 51.7 Å². The first-order chi connectivity index (χ1) is 18.5. The summed E-state index contributed by atoms with van der Waals surface area (Å²) in [5.74, 6) is -0.747. The summed E-state index contributed by atoms with van der Waals surface area (Å²) in [6.07, 6.45) is 1.77. The summed E-state index contributed by atoms with van der Waals surface area (Å²) >= 11 is 0. The van der Waals surface area contributed by atoms with Crippen molar-refractivity contribution in [1.82, 2.24) is 10.2 Å². The van der Waals surface area contributed by atoms with Crippen LogP contribution in [0.3, 0.4) is 0 Å². The van der Waals surface area contributed by atoms with Crippen molar-refractivity contribution in [3.8, 4) is 17.2 Å². The van der Waals surface area contributed by atoms with Gasteiger partial charge in [-0.1, -0.05) is 36.4 Å². The Kier molecular flexibility index (Phi) is 6.67. The predicted molar refractivity (Wildman–Crippen MR) is 143 cm³/mol. The van der Waals surface area contributed by atoms with E-state index in [1.54, 1.807) is 20.8 Å². The monoisotopic (exact) mass is 528 g/mol. The van der Waals surface area contributed by atoms with Gasteiger partial charge in [-0.25, -0.2) is 4.79 Å². The number of amides is 4. The predicted octanol–water partition coefficient (Wildman–Crippen LogP) is 3.74.